The zero-order chi connectivity index (χ0) is 22.1. The number of anilines is 1. The van der Waals surface area contributed by atoms with Gasteiger partial charge < -0.3 is 15.4 Å². The second-order valence-electron chi connectivity index (χ2n) is 7.90. The Balaban J connectivity index is 1.77. The molecule has 9 heteroatoms. The standard InChI is InChI=1S/C21H29N3O5S/c1-5-14-13(4)30-17(16(14)18(26)29-6-2)22-15(25)11-24-19(27)21(23-20(24)28)10-8-7-9-12(21)3/h12H,5-11H2,1-4H3,(H,22,25)(H,23,28)/t12-,21-/m1/s1. The number of esters is 1. The Morgan fingerprint density at radius 3 is 2.67 bits per heavy atom. The van der Waals surface area contributed by atoms with Gasteiger partial charge >= 0.3 is 12.0 Å². The number of rotatable bonds is 6. The molecule has 164 valence electrons. The van der Waals surface area contributed by atoms with Crippen molar-refractivity contribution in [3.05, 3.63) is 16.0 Å². The minimum atomic E-state index is -0.902. The number of carbonyl (C=O) groups is 4. The number of hydrogen-bond acceptors (Lipinski definition) is 6. The van der Waals surface area contributed by atoms with E-state index in [9.17, 15) is 19.2 Å². The minimum absolute atomic E-state index is 0.0261. The van der Waals surface area contributed by atoms with Gasteiger partial charge in [-0.05, 0) is 44.6 Å². The highest BCUT2D eigenvalue weighted by Gasteiger charge is 2.55. The molecule has 0 aromatic carbocycles. The van der Waals surface area contributed by atoms with Gasteiger partial charge in [-0.15, -0.1) is 11.3 Å². The first kappa shape index (κ1) is 22.3. The number of ether oxygens (including phenoxy) is 1. The fourth-order valence-electron chi connectivity index (χ4n) is 4.46. The highest BCUT2D eigenvalue weighted by atomic mass is 32.1. The number of aryl methyl sites for hydroxylation is 1. The molecule has 2 atom stereocenters. The molecule has 0 radical (unpaired) electrons. The second kappa shape index (κ2) is 8.75. The first-order valence-electron chi connectivity index (χ1n) is 10.5. The Morgan fingerprint density at radius 2 is 2.03 bits per heavy atom. The molecular formula is C21H29N3O5S. The predicted molar refractivity (Wildman–Crippen MR) is 114 cm³/mol. The molecule has 2 N–H and O–H groups in total. The fourth-order valence-corrected chi connectivity index (χ4v) is 5.61. The van der Waals surface area contributed by atoms with Crippen molar-refractivity contribution < 1.29 is 23.9 Å². The van der Waals surface area contributed by atoms with Gasteiger partial charge in [0.15, 0.2) is 0 Å². The number of amides is 4. The lowest BCUT2D eigenvalue weighted by Gasteiger charge is -2.36. The highest BCUT2D eigenvalue weighted by molar-refractivity contribution is 7.16. The van der Waals surface area contributed by atoms with Gasteiger partial charge in [0.1, 0.15) is 17.1 Å². The van der Waals surface area contributed by atoms with Crippen molar-refractivity contribution in [3.8, 4) is 0 Å². The Labute approximate surface area is 180 Å². The van der Waals surface area contributed by atoms with E-state index in [1.54, 1.807) is 6.92 Å². The first-order valence-corrected chi connectivity index (χ1v) is 11.3. The van der Waals surface area contributed by atoms with Crippen LogP contribution in [0.2, 0.25) is 0 Å². The van der Waals surface area contributed by atoms with Crippen LogP contribution in [0.25, 0.3) is 0 Å². The van der Waals surface area contributed by atoms with Gasteiger partial charge in [0.25, 0.3) is 5.91 Å². The first-order chi connectivity index (χ1) is 14.2. The average molecular weight is 436 g/mol. The summed E-state index contributed by atoms with van der Waals surface area (Å²) in [7, 11) is 0. The largest absolute Gasteiger partial charge is 0.462 e. The van der Waals surface area contributed by atoms with E-state index in [1.807, 2.05) is 20.8 Å². The zero-order valence-corrected chi connectivity index (χ0v) is 18.7. The van der Waals surface area contributed by atoms with Crippen LogP contribution in [0, 0.1) is 12.8 Å². The molecule has 3 rings (SSSR count). The van der Waals surface area contributed by atoms with Crippen LogP contribution in [0.15, 0.2) is 0 Å². The summed E-state index contributed by atoms with van der Waals surface area (Å²) in [5.74, 6) is -1.32. The van der Waals surface area contributed by atoms with Crippen LogP contribution in [-0.4, -0.2) is 47.4 Å². The smallest absolute Gasteiger partial charge is 0.341 e. The van der Waals surface area contributed by atoms with E-state index in [0.29, 0.717) is 23.4 Å². The van der Waals surface area contributed by atoms with Crippen LogP contribution < -0.4 is 10.6 Å². The molecule has 1 aliphatic heterocycles. The maximum atomic E-state index is 13.0. The zero-order valence-electron chi connectivity index (χ0n) is 17.9. The summed E-state index contributed by atoms with van der Waals surface area (Å²) in [6, 6.07) is -0.536. The van der Waals surface area contributed by atoms with Gasteiger partial charge in [0.05, 0.1) is 12.2 Å². The average Bonchev–Trinajstić information content (AvgIpc) is 3.13. The van der Waals surface area contributed by atoms with Crippen molar-refractivity contribution in [3.63, 3.8) is 0 Å². The minimum Gasteiger partial charge on any atom is -0.462 e. The summed E-state index contributed by atoms with van der Waals surface area (Å²) in [5.41, 5.74) is 0.282. The second-order valence-corrected chi connectivity index (χ2v) is 9.13. The van der Waals surface area contributed by atoms with E-state index in [4.69, 9.17) is 4.74 Å². The summed E-state index contributed by atoms with van der Waals surface area (Å²) in [6.07, 6.45) is 3.98. The summed E-state index contributed by atoms with van der Waals surface area (Å²) >= 11 is 1.29. The molecule has 1 saturated carbocycles. The van der Waals surface area contributed by atoms with Crippen molar-refractivity contribution in [1.29, 1.82) is 0 Å². The van der Waals surface area contributed by atoms with Crippen LogP contribution in [0.1, 0.15) is 67.3 Å². The van der Waals surface area contributed by atoms with Crippen LogP contribution >= 0.6 is 11.3 Å². The van der Waals surface area contributed by atoms with E-state index < -0.39 is 23.4 Å². The predicted octanol–water partition coefficient (Wildman–Crippen LogP) is 3.23. The van der Waals surface area contributed by atoms with E-state index in [2.05, 4.69) is 10.6 Å². The molecule has 1 aliphatic carbocycles. The van der Waals surface area contributed by atoms with Gasteiger partial charge in [-0.25, -0.2) is 9.59 Å². The van der Waals surface area contributed by atoms with Crippen molar-refractivity contribution in [2.24, 2.45) is 5.92 Å². The number of hydrogen-bond donors (Lipinski definition) is 2. The number of carbonyl (C=O) groups excluding carboxylic acids is 4. The number of imide groups is 1. The summed E-state index contributed by atoms with van der Waals surface area (Å²) in [6.45, 7) is 7.34. The molecule has 1 saturated heterocycles. The Bertz CT molecular complexity index is 880. The third-order valence-corrected chi connectivity index (χ3v) is 7.16. The van der Waals surface area contributed by atoms with E-state index in [0.717, 1.165) is 34.6 Å². The van der Waals surface area contributed by atoms with Crippen molar-refractivity contribution >= 4 is 40.2 Å². The number of nitrogens with zero attached hydrogens (tertiary/aromatic N) is 1. The van der Waals surface area contributed by atoms with Gasteiger partial charge in [0, 0.05) is 4.88 Å². The van der Waals surface area contributed by atoms with Crippen molar-refractivity contribution in [1.82, 2.24) is 10.2 Å². The molecule has 2 fully saturated rings. The Hall–Kier alpha value is -2.42. The molecule has 2 aliphatic rings. The van der Waals surface area contributed by atoms with Crippen LogP contribution in [0.5, 0.6) is 0 Å². The van der Waals surface area contributed by atoms with Crippen LogP contribution in [-0.2, 0) is 20.7 Å². The third kappa shape index (κ3) is 3.82. The molecule has 4 amide bonds. The third-order valence-electron chi connectivity index (χ3n) is 6.10. The van der Waals surface area contributed by atoms with Gasteiger partial charge in [-0.2, -0.15) is 0 Å². The molecule has 30 heavy (non-hydrogen) atoms. The number of nitrogens with one attached hydrogen (secondary N) is 2. The SMILES string of the molecule is CCOC(=O)c1c(NC(=O)CN2C(=O)N[C@@]3(CCCC[C@H]3C)C2=O)sc(C)c1CC. The van der Waals surface area contributed by atoms with Crippen molar-refractivity contribution in [2.75, 3.05) is 18.5 Å². The van der Waals surface area contributed by atoms with Crippen LogP contribution in [0.4, 0.5) is 9.80 Å². The van der Waals surface area contributed by atoms with Crippen molar-refractivity contribution in [2.45, 2.75) is 65.3 Å². The summed E-state index contributed by atoms with van der Waals surface area (Å²) in [4.78, 5) is 52.6. The fraction of sp³-hybridized carbons (Fsp3) is 0.619. The lowest BCUT2D eigenvalue weighted by molar-refractivity contribution is -0.136. The summed E-state index contributed by atoms with van der Waals surface area (Å²) in [5, 5.41) is 5.95. The molecule has 0 unspecified atom stereocenters. The quantitative estimate of drug-likeness (QED) is 0.527. The molecule has 0 bridgehead atoms. The maximum absolute atomic E-state index is 13.0. The highest BCUT2D eigenvalue weighted by Crippen LogP contribution is 2.38. The molecule has 1 spiro atoms. The lowest BCUT2D eigenvalue weighted by Crippen LogP contribution is -2.54. The molecular weight excluding hydrogens is 406 g/mol. The summed E-state index contributed by atoms with van der Waals surface area (Å²) < 4.78 is 5.15. The van der Waals surface area contributed by atoms with Crippen LogP contribution in [0.3, 0.4) is 0 Å². The molecule has 1 aromatic heterocycles. The number of thiophene rings is 1. The maximum Gasteiger partial charge on any atom is 0.341 e. The Kier molecular flexibility index (Phi) is 6.50. The lowest BCUT2D eigenvalue weighted by atomic mass is 9.73. The van der Waals surface area contributed by atoms with Gasteiger partial charge in [-0.3, -0.25) is 14.5 Å². The van der Waals surface area contributed by atoms with Gasteiger partial charge in [0.2, 0.25) is 5.91 Å². The van der Waals surface area contributed by atoms with Gasteiger partial charge in [-0.1, -0.05) is 26.7 Å². The molecule has 2 heterocycles. The van der Waals surface area contributed by atoms with E-state index in [-0.39, 0.29) is 25.0 Å². The monoisotopic (exact) mass is 435 g/mol. The normalized spacial score (nSPS) is 23.6. The van der Waals surface area contributed by atoms with E-state index >= 15 is 0 Å². The molecule has 1 aromatic rings. The Morgan fingerprint density at radius 1 is 1.30 bits per heavy atom. The number of urea groups is 1. The topological polar surface area (TPSA) is 105 Å². The van der Waals surface area contributed by atoms with E-state index in [1.165, 1.54) is 11.3 Å². The molecule has 8 nitrogen and oxygen atoms in total.